The summed E-state index contributed by atoms with van der Waals surface area (Å²) in [7, 11) is 0. The van der Waals surface area contributed by atoms with E-state index in [-0.39, 0.29) is 5.91 Å². The van der Waals surface area contributed by atoms with Crippen LogP contribution < -0.4 is 0 Å². The van der Waals surface area contributed by atoms with Gasteiger partial charge in [0, 0.05) is 17.4 Å². The van der Waals surface area contributed by atoms with Crippen molar-refractivity contribution in [2.24, 2.45) is 0 Å². The molecule has 1 saturated heterocycles. The molecular formula is C15H18BrNO3. The molecule has 0 spiro atoms. The van der Waals surface area contributed by atoms with Crippen LogP contribution in [0.4, 0.5) is 0 Å². The van der Waals surface area contributed by atoms with E-state index in [0.29, 0.717) is 25.8 Å². The van der Waals surface area contributed by atoms with Crippen LogP contribution in [0.3, 0.4) is 0 Å². The molecule has 1 aliphatic rings. The van der Waals surface area contributed by atoms with Gasteiger partial charge in [-0.3, -0.25) is 4.79 Å². The predicted molar refractivity (Wildman–Crippen MR) is 79.6 cm³/mol. The summed E-state index contributed by atoms with van der Waals surface area (Å²) in [4.78, 5) is 24.7. The van der Waals surface area contributed by atoms with E-state index in [1.807, 2.05) is 19.1 Å². The van der Waals surface area contributed by atoms with Crippen LogP contribution >= 0.6 is 15.9 Å². The summed E-state index contributed by atoms with van der Waals surface area (Å²) < 4.78 is 1.05. The van der Waals surface area contributed by atoms with Crippen LogP contribution in [-0.2, 0) is 16.0 Å². The van der Waals surface area contributed by atoms with Gasteiger partial charge in [0.2, 0.25) is 5.91 Å². The Morgan fingerprint density at radius 1 is 1.45 bits per heavy atom. The molecule has 1 heterocycles. The van der Waals surface area contributed by atoms with Crippen molar-refractivity contribution in [3.8, 4) is 0 Å². The highest BCUT2D eigenvalue weighted by Gasteiger charge is 2.33. The summed E-state index contributed by atoms with van der Waals surface area (Å²) in [6, 6.07) is 5.39. The van der Waals surface area contributed by atoms with Crippen molar-refractivity contribution in [1.29, 1.82) is 0 Å². The number of carbonyl (C=O) groups excluding carboxylic acids is 1. The molecule has 20 heavy (non-hydrogen) atoms. The molecule has 2 rings (SSSR count). The van der Waals surface area contributed by atoms with Crippen LogP contribution in [0.2, 0.25) is 0 Å². The van der Waals surface area contributed by atoms with Crippen molar-refractivity contribution in [3.63, 3.8) is 0 Å². The molecule has 1 N–H and O–H groups in total. The van der Waals surface area contributed by atoms with Gasteiger partial charge in [-0.15, -0.1) is 0 Å². The summed E-state index contributed by atoms with van der Waals surface area (Å²) in [5, 5.41) is 9.09. The molecule has 108 valence electrons. The molecule has 1 aromatic rings. The normalized spacial score (nSPS) is 18.3. The second-order valence-electron chi connectivity index (χ2n) is 5.17. The molecule has 1 atom stereocenters. The maximum atomic E-state index is 12.1. The molecule has 1 fully saturated rings. The summed E-state index contributed by atoms with van der Waals surface area (Å²) in [6.45, 7) is 2.57. The van der Waals surface area contributed by atoms with Crippen molar-refractivity contribution in [2.45, 2.75) is 38.6 Å². The molecule has 0 radical (unpaired) electrons. The number of halogens is 1. The van der Waals surface area contributed by atoms with Gasteiger partial charge in [-0.25, -0.2) is 4.79 Å². The lowest BCUT2D eigenvalue weighted by molar-refractivity contribution is -0.148. The molecule has 0 aromatic heterocycles. The Morgan fingerprint density at radius 2 is 2.20 bits per heavy atom. The van der Waals surface area contributed by atoms with Crippen LogP contribution in [0.5, 0.6) is 0 Å². The third-order valence-corrected chi connectivity index (χ3v) is 4.60. The minimum Gasteiger partial charge on any atom is -0.480 e. The van der Waals surface area contributed by atoms with Crippen LogP contribution in [-0.4, -0.2) is 34.5 Å². The van der Waals surface area contributed by atoms with Gasteiger partial charge in [0.15, 0.2) is 0 Å². The number of nitrogens with zero attached hydrogens (tertiary/aromatic N) is 1. The first-order valence-corrected chi connectivity index (χ1v) is 7.55. The molecular weight excluding hydrogens is 322 g/mol. The lowest BCUT2D eigenvalue weighted by atomic mass is 10.1. The highest BCUT2D eigenvalue weighted by Crippen LogP contribution is 2.21. The van der Waals surface area contributed by atoms with E-state index < -0.39 is 12.0 Å². The fraction of sp³-hybridized carbons (Fsp3) is 0.467. The summed E-state index contributed by atoms with van der Waals surface area (Å²) >= 11 is 3.45. The quantitative estimate of drug-likeness (QED) is 0.917. The topological polar surface area (TPSA) is 57.6 Å². The minimum absolute atomic E-state index is 0.0597. The zero-order valence-electron chi connectivity index (χ0n) is 11.4. The maximum Gasteiger partial charge on any atom is 0.326 e. The van der Waals surface area contributed by atoms with Crippen molar-refractivity contribution in [1.82, 2.24) is 4.90 Å². The average Bonchev–Trinajstić information content (AvgIpc) is 2.89. The van der Waals surface area contributed by atoms with Crippen LogP contribution in [0.15, 0.2) is 22.7 Å². The number of carboxylic acids is 1. The van der Waals surface area contributed by atoms with E-state index in [1.165, 1.54) is 4.90 Å². The van der Waals surface area contributed by atoms with Gasteiger partial charge in [0.05, 0.1) is 0 Å². The van der Waals surface area contributed by atoms with Gasteiger partial charge in [-0.2, -0.15) is 0 Å². The number of hydrogen-bond donors (Lipinski definition) is 1. The predicted octanol–water partition coefficient (Wildman–Crippen LogP) is 2.77. The van der Waals surface area contributed by atoms with E-state index in [9.17, 15) is 9.59 Å². The zero-order valence-corrected chi connectivity index (χ0v) is 13.0. The standard InChI is InChI=1S/C15H18BrNO3/c1-10-9-11(4-6-12(10)16)5-7-14(18)17-8-2-3-13(17)15(19)20/h4,6,9,13H,2-3,5,7-8H2,1H3,(H,19,20). The highest BCUT2D eigenvalue weighted by molar-refractivity contribution is 9.10. The molecule has 4 nitrogen and oxygen atoms in total. The number of amides is 1. The number of carbonyl (C=O) groups is 2. The molecule has 1 amide bonds. The zero-order chi connectivity index (χ0) is 14.7. The molecule has 1 aromatic carbocycles. The van der Waals surface area contributed by atoms with Crippen LogP contribution in [0, 0.1) is 6.92 Å². The molecule has 0 saturated carbocycles. The lowest BCUT2D eigenvalue weighted by Crippen LogP contribution is -2.40. The van der Waals surface area contributed by atoms with Gasteiger partial charge < -0.3 is 10.0 Å². The third-order valence-electron chi connectivity index (χ3n) is 3.71. The van der Waals surface area contributed by atoms with Crippen LogP contribution in [0.1, 0.15) is 30.4 Å². The lowest BCUT2D eigenvalue weighted by Gasteiger charge is -2.21. The Hall–Kier alpha value is -1.36. The van der Waals surface area contributed by atoms with Gasteiger partial charge in [0.25, 0.3) is 0 Å². The number of carboxylic acid groups (broad SMARTS) is 1. The van der Waals surface area contributed by atoms with Crippen molar-refractivity contribution >= 4 is 27.8 Å². The fourth-order valence-electron chi connectivity index (χ4n) is 2.58. The van der Waals surface area contributed by atoms with E-state index in [4.69, 9.17) is 5.11 Å². The van der Waals surface area contributed by atoms with Gasteiger partial charge in [0.1, 0.15) is 6.04 Å². The number of hydrogen-bond acceptors (Lipinski definition) is 2. The minimum atomic E-state index is -0.893. The first-order chi connectivity index (χ1) is 9.49. The van der Waals surface area contributed by atoms with Crippen molar-refractivity contribution < 1.29 is 14.7 Å². The average molecular weight is 340 g/mol. The van der Waals surface area contributed by atoms with Crippen molar-refractivity contribution in [2.75, 3.05) is 6.54 Å². The molecule has 5 heteroatoms. The molecule has 0 aliphatic carbocycles. The monoisotopic (exact) mass is 339 g/mol. The Bertz CT molecular complexity index is 530. The van der Waals surface area contributed by atoms with Crippen LogP contribution in [0.25, 0.3) is 0 Å². The van der Waals surface area contributed by atoms with E-state index in [2.05, 4.69) is 22.0 Å². The Kier molecular flexibility index (Phi) is 4.81. The first kappa shape index (κ1) is 15.0. The maximum absolute atomic E-state index is 12.1. The van der Waals surface area contributed by atoms with E-state index in [0.717, 1.165) is 22.0 Å². The Labute approximate surface area is 126 Å². The van der Waals surface area contributed by atoms with Gasteiger partial charge in [-0.1, -0.05) is 28.1 Å². The number of rotatable bonds is 4. The highest BCUT2D eigenvalue weighted by atomic mass is 79.9. The largest absolute Gasteiger partial charge is 0.480 e. The molecule has 0 bridgehead atoms. The third kappa shape index (κ3) is 3.39. The smallest absolute Gasteiger partial charge is 0.326 e. The number of likely N-dealkylation sites (tertiary alicyclic amines) is 1. The summed E-state index contributed by atoms with van der Waals surface area (Å²) in [5.41, 5.74) is 2.24. The van der Waals surface area contributed by atoms with E-state index >= 15 is 0 Å². The SMILES string of the molecule is Cc1cc(CCC(=O)N2CCCC2C(=O)O)ccc1Br. The fourth-order valence-corrected chi connectivity index (χ4v) is 2.83. The second-order valence-corrected chi connectivity index (χ2v) is 6.02. The summed E-state index contributed by atoms with van der Waals surface area (Å²) in [6.07, 6.45) is 2.36. The van der Waals surface area contributed by atoms with Gasteiger partial charge >= 0.3 is 5.97 Å². The number of aryl methyl sites for hydroxylation is 2. The van der Waals surface area contributed by atoms with Crippen molar-refractivity contribution in [3.05, 3.63) is 33.8 Å². The van der Waals surface area contributed by atoms with E-state index in [1.54, 1.807) is 0 Å². The molecule has 1 aliphatic heterocycles. The molecule has 1 unspecified atom stereocenters. The summed E-state index contributed by atoms with van der Waals surface area (Å²) in [5.74, 6) is -0.953. The Balaban J connectivity index is 1.94. The second kappa shape index (κ2) is 6.39. The number of benzene rings is 1. The first-order valence-electron chi connectivity index (χ1n) is 6.76. The number of aliphatic carboxylic acids is 1. The Morgan fingerprint density at radius 3 is 2.85 bits per heavy atom. The van der Waals surface area contributed by atoms with Gasteiger partial charge in [-0.05, 0) is 43.4 Å².